The van der Waals surface area contributed by atoms with Gasteiger partial charge in [-0.15, -0.1) is 0 Å². The Morgan fingerprint density at radius 2 is 1.87 bits per heavy atom. The molecule has 10 heteroatoms. The van der Waals surface area contributed by atoms with Gasteiger partial charge >= 0.3 is 6.03 Å². The van der Waals surface area contributed by atoms with Crippen molar-refractivity contribution in [1.29, 1.82) is 0 Å². The minimum Gasteiger partial charge on any atom is -0.352 e. The zero-order valence-electron chi connectivity index (χ0n) is 20.3. The van der Waals surface area contributed by atoms with Gasteiger partial charge in [0.15, 0.2) is 11.5 Å². The number of benzene rings is 3. The molecule has 0 fully saturated rings. The Kier molecular flexibility index (Phi) is 7.44. The van der Waals surface area contributed by atoms with Gasteiger partial charge in [0.1, 0.15) is 5.82 Å². The van der Waals surface area contributed by atoms with Crippen molar-refractivity contribution >= 4 is 46.4 Å². The summed E-state index contributed by atoms with van der Waals surface area (Å²) in [6, 6.07) is 19.1. The minimum absolute atomic E-state index is 0.0592. The molecule has 0 bridgehead atoms. The number of carbonyl (C=O) groups excluding carboxylic acids is 1. The zero-order valence-corrected chi connectivity index (χ0v) is 21.8. The van der Waals surface area contributed by atoms with Gasteiger partial charge in [0.2, 0.25) is 0 Å². The lowest BCUT2D eigenvalue weighted by Crippen LogP contribution is -2.28. The molecule has 2 N–H and O–H groups in total. The van der Waals surface area contributed by atoms with Gasteiger partial charge in [-0.25, -0.2) is 19.2 Å². The molecule has 5 aromatic rings. The Morgan fingerprint density at radius 1 is 1.05 bits per heavy atom. The number of imidazole rings is 1. The van der Waals surface area contributed by atoms with E-state index >= 15 is 0 Å². The molecule has 0 unspecified atom stereocenters. The van der Waals surface area contributed by atoms with Crippen LogP contribution in [0.25, 0.3) is 16.9 Å². The van der Waals surface area contributed by atoms with Crippen molar-refractivity contribution in [3.8, 4) is 11.3 Å². The summed E-state index contributed by atoms with van der Waals surface area (Å²) in [5.41, 5.74) is 4.80. The number of carbonyl (C=O) groups is 1. The Labute approximate surface area is 228 Å². The number of fused-ring (bicyclic) bond motifs is 1. The molecule has 2 heterocycles. The number of anilines is 2. The van der Waals surface area contributed by atoms with Crippen LogP contribution < -0.4 is 15.5 Å². The predicted octanol–water partition coefficient (Wildman–Crippen LogP) is 6.80. The maximum Gasteiger partial charge on any atom is 0.319 e. The van der Waals surface area contributed by atoms with E-state index in [-0.39, 0.29) is 11.6 Å². The molecule has 0 radical (unpaired) electrons. The Morgan fingerprint density at radius 3 is 2.66 bits per heavy atom. The number of halogens is 3. The molecule has 0 spiro atoms. The number of nitrogens with zero attached hydrogens (tertiary/aromatic N) is 4. The summed E-state index contributed by atoms with van der Waals surface area (Å²) in [5.74, 6) is 0.194. The van der Waals surface area contributed by atoms with Crippen LogP contribution in [0, 0.1) is 5.82 Å². The fraction of sp³-hybridized carbons (Fsp3) is 0.107. The molecule has 0 aliphatic carbocycles. The van der Waals surface area contributed by atoms with Gasteiger partial charge in [-0.2, -0.15) is 0 Å². The second-order valence-corrected chi connectivity index (χ2v) is 9.57. The quantitative estimate of drug-likeness (QED) is 0.234. The van der Waals surface area contributed by atoms with Crippen molar-refractivity contribution in [3.63, 3.8) is 0 Å². The lowest BCUT2D eigenvalue weighted by Gasteiger charge is -2.20. The standard InChI is InChI=1S/C28H23Cl2FN6O/c1-36(16-18-5-7-21(29)8-6-18)27-26-32-11-12-37(26)17-25(35-27)20-4-2-3-19(13-20)15-33-28(38)34-22-9-10-24(31)23(30)14-22/h2-14,17H,15-16H2,1H3,(H2,33,34,38). The van der Waals surface area contributed by atoms with E-state index in [4.69, 9.17) is 28.2 Å². The maximum atomic E-state index is 13.4. The number of hydrogen-bond donors (Lipinski definition) is 2. The first-order chi connectivity index (χ1) is 18.4. The summed E-state index contributed by atoms with van der Waals surface area (Å²) in [4.78, 5) is 23.8. The molecule has 0 saturated carbocycles. The van der Waals surface area contributed by atoms with Crippen LogP contribution in [-0.2, 0) is 13.1 Å². The van der Waals surface area contributed by atoms with Crippen LogP contribution >= 0.6 is 23.2 Å². The molecule has 38 heavy (non-hydrogen) atoms. The van der Waals surface area contributed by atoms with Crippen molar-refractivity contribution in [1.82, 2.24) is 19.7 Å². The van der Waals surface area contributed by atoms with Gasteiger partial charge in [0.25, 0.3) is 0 Å². The van der Waals surface area contributed by atoms with Crippen LogP contribution in [0.2, 0.25) is 10.0 Å². The summed E-state index contributed by atoms with van der Waals surface area (Å²) < 4.78 is 15.3. The third kappa shape index (κ3) is 5.88. The van der Waals surface area contributed by atoms with Crippen molar-refractivity contribution in [2.24, 2.45) is 0 Å². The van der Waals surface area contributed by atoms with Gasteiger partial charge in [-0.1, -0.05) is 53.5 Å². The lowest BCUT2D eigenvalue weighted by molar-refractivity contribution is 0.251. The van der Waals surface area contributed by atoms with E-state index in [1.807, 2.05) is 77.3 Å². The normalized spacial score (nSPS) is 10.9. The topological polar surface area (TPSA) is 74.6 Å². The van der Waals surface area contributed by atoms with E-state index in [0.29, 0.717) is 17.3 Å². The van der Waals surface area contributed by atoms with E-state index in [2.05, 4.69) is 15.6 Å². The van der Waals surface area contributed by atoms with Crippen LogP contribution in [-0.4, -0.2) is 27.4 Å². The highest BCUT2D eigenvalue weighted by molar-refractivity contribution is 6.31. The first kappa shape index (κ1) is 25.5. The van der Waals surface area contributed by atoms with Crippen LogP contribution in [0.5, 0.6) is 0 Å². The molecule has 0 aliphatic heterocycles. The number of hydrogen-bond acceptors (Lipinski definition) is 4. The van der Waals surface area contributed by atoms with Crippen molar-refractivity contribution < 1.29 is 9.18 Å². The molecule has 2 aromatic heterocycles. The third-order valence-corrected chi connectivity index (χ3v) is 6.45. The zero-order chi connectivity index (χ0) is 26.6. The number of amides is 2. The van der Waals surface area contributed by atoms with Gasteiger partial charge in [-0.05, 0) is 47.5 Å². The first-order valence-electron chi connectivity index (χ1n) is 11.7. The molecule has 2 amide bonds. The number of nitrogens with one attached hydrogen (secondary N) is 2. The molecule has 192 valence electrons. The second kappa shape index (κ2) is 11.1. The third-order valence-electron chi connectivity index (χ3n) is 5.90. The largest absolute Gasteiger partial charge is 0.352 e. The molecule has 3 aromatic carbocycles. The van der Waals surface area contributed by atoms with Crippen LogP contribution in [0.15, 0.2) is 85.3 Å². The fourth-order valence-electron chi connectivity index (χ4n) is 4.02. The summed E-state index contributed by atoms with van der Waals surface area (Å²) in [7, 11) is 1.97. The summed E-state index contributed by atoms with van der Waals surface area (Å²) in [5, 5.41) is 6.09. The van der Waals surface area contributed by atoms with Gasteiger partial charge in [0, 0.05) is 55.0 Å². The molecular formula is C28H23Cl2FN6O. The summed E-state index contributed by atoms with van der Waals surface area (Å²) in [6.45, 7) is 0.916. The Balaban J connectivity index is 1.33. The van der Waals surface area contributed by atoms with Crippen molar-refractivity contribution in [2.75, 3.05) is 17.3 Å². The monoisotopic (exact) mass is 548 g/mol. The van der Waals surface area contributed by atoms with Crippen molar-refractivity contribution in [2.45, 2.75) is 13.1 Å². The number of rotatable bonds is 7. The lowest BCUT2D eigenvalue weighted by atomic mass is 10.1. The minimum atomic E-state index is -0.545. The average Bonchev–Trinajstić information content (AvgIpc) is 3.39. The molecule has 0 atom stereocenters. The summed E-state index contributed by atoms with van der Waals surface area (Å²) >= 11 is 11.8. The van der Waals surface area contributed by atoms with Crippen molar-refractivity contribution in [3.05, 3.63) is 112 Å². The first-order valence-corrected chi connectivity index (χ1v) is 12.5. The summed E-state index contributed by atoms with van der Waals surface area (Å²) in [6.07, 6.45) is 5.56. The maximum absolute atomic E-state index is 13.4. The Bertz CT molecular complexity index is 1610. The average molecular weight is 549 g/mol. The van der Waals surface area contributed by atoms with Crippen LogP contribution in [0.4, 0.5) is 20.7 Å². The predicted molar refractivity (Wildman–Crippen MR) is 149 cm³/mol. The van der Waals surface area contributed by atoms with E-state index in [1.165, 1.54) is 18.2 Å². The highest BCUT2D eigenvalue weighted by atomic mass is 35.5. The van der Waals surface area contributed by atoms with Gasteiger partial charge < -0.3 is 19.9 Å². The highest BCUT2D eigenvalue weighted by Crippen LogP contribution is 2.26. The van der Waals surface area contributed by atoms with Crippen LogP contribution in [0.3, 0.4) is 0 Å². The van der Waals surface area contributed by atoms with E-state index in [1.54, 1.807) is 6.20 Å². The number of aromatic nitrogens is 3. The SMILES string of the molecule is CN(Cc1ccc(Cl)cc1)c1nc(-c2cccc(CNC(=O)Nc3ccc(F)c(Cl)c3)c2)cn2ccnc12. The molecule has 0 aliphatic rings. The van der Waals surface area contributed by atoms with Gasteiger partial charge in [-0.3, -0.25) is 0 Å². The molecule has 0 saturated heterocycles. The number of urea groups is 1. The Hall–Kier alpha value is -4.14. The van der Waals surface area contributed by atoms with Crippen LogP contribution in [0.1, 0.15) is 11.1 Å². The van der Waals surface area contributed by atoms with E-state index < -0.39 is 11.8 Å². The molecule has 7 nitrogen and oxygen atoms in total. The smallest absolute Gasteiger partial charge is 0.319 e. The molecular weight excluding hydrogens is 526 g/mol. The van der Waals surface area contributed by atoms with E-state index in [9.17, 15) is 9.18 Å². The fourth-order valence-corrected chi connectivity index (χ4v) is 4.33. The van der Waals surface area contributed by atoms with Gasteiger partial charge in [0.05, 0.1) is 10.7 Å². The second-order valence-electron chi connectivity index (χ2n) is 8.73. The van der Waals surface area contributed by atoms with E-state index in [0.717, 1.165) is 33.8 Å². The highest BCUT2D eigenvalue weighted by Gasteiger charge is 2.14. The molecule has 5 rings (SSSR count).